The number of hydrogen-bond donors (Lipinski definition) is 0. The second-order valence-corrected chi connectivity index (χ2v) is 3.17. The van der Waals surface area contributed by atoms with Crippen molar-refractivity contribution < 1.29 is 0 Å². The Morgan fingerprint density at radius 2 is 2.25 bits per heavy atom. The van der Waals surface area contributed by atoms with Crippen molar-refractivity contribution in [3.05, 3.63) is 46.8 Å². The fraction of sp³-hybridized carbons (Fsp3) is 0.364. The topological polar surface area (TPSA) is 4.36 Å². The summed E-state index contributed by atoms with van der Waals surface area (Å²) in [5, 5.41) is 0. The highest BCUT2D eigenvalue weighted by molar-refractivity contribution is 5.23. The van der Waals surface area contributed by atoms with Crippen molar-refractivity contribution in [1.82, 2.24) is 0 Å². The molecule has 0 aliphatic heterocycles. The third kappa shape index (κ3) is 2.39. The van der Waals surface area contributed by atoms with Crippen molar-refractivity contribution in [3.63, 3.8) is 0 Å². The van der Waals surface area contributed by atoms with Gasteiger partial charge in [-0.15, -0.1) is 0 Å². The first-order valence-corrected chi connectivity index (χ1v) is 4.14. The fourth-order valence-electron chi connectivity index (χ4n) is 1.23. The summed E-state index contributed by atoms with van der Waals surface area (Å²) in [4.78, 5) is 3.46. The van der Waals surface area contributed by atoms with Gasteiger partial charge < -0.3 is 4.85 Å². The maximum atomic E-state index is 6.84. The smallest absolute Gasteiger partial charge is 0.225 e. The molecular formula is C11H13N. The minimum Gasteiger partial charge on any atom is -0.314 e. The second kappa shape index (κ2) is 3.92. The van der Waals surface area contributed by atoms with Crippen LogP contribution in [0, 0.1) is 13.5 Å². The van der Waals surface area contributed by atoms with Crippen molar-refractivity contribution in [1.29, 1.82) is 0 Å². The lowest BCUT2D eigenvalue weighted by Crippen LogP contribution is -1.99. The molecule has 0 saturated carbocycles. The first-order chi connectivity index (χ1) is 5.72. The minimum absolute atomic E-state index is 0.104. The Labute approximate surface area is 73.9 Å². The fourth-order valence-corrected chi connectivity index (χ4v) is 1.23. The van der Waals surface area contributed by atoms with Crippen molar-refractivity contribution in [2.24, 2.45) is 0 Å². The van der Waals surface area contributed by atoms with E-state index in [1.54, 1.807) is 0 Å². The van der Waals surface area contributed by atoms with Crippen LogP contribution in [0.15, 0.2) is 24.3 Å². The minimum atomic E-state index is 0.104. The molecule has 0 spiro atoms. The number of rotatable bonds is 2. The van der Waals surface area contributed by atoms with Gasteiger partial charge in [0, 0.05) is 13.3 Å². The first kappa shape index (κ1) is 8.80. The molecule has 12 heavy (non-hydrogen) atoms. The quantitative estimate of drug-likeness (QED) is 0.584. The van der Waals surface area contributed by atoms with E-state index in [1.807, 2.05) is 13.0 Å². The van der Waals surface area contributed by atoms with Gasteiger partial charge >= 0.3 is 0 Å². The predicted molar refractivity (Wildman–Crippen MR) is 50.9 cm³/mol. The van der Waals surface area contributed by atoms with E-state index in [0.717, 1.165) is 6.42 Å². The van der Waals surface area contributed by atoms with Crippen LogP contribution in [-0.4, -0.2) is 6.04 Å². The van der Waals surface area contributed by atoms with Gasteiger partial charge in [0.2, 0.25) is 6.04 Å². The number of aryl methyl sites for hydroxylation is 1. The highest BCUT2D eigenvalue weighted by Crippen LogP contribution is 2.07. The molecule has 1 heteroatoms. The Morgan fingerprint density at radius 1 is 1.50 bits per heavy atom. The van der Waals surface area contributed by atoms with Crippen LogP contribution in [0.1, 0.15) is 18.1 Å². The number of benzene rings is 1. The molecule has 0 fully saturated rings. The molecule has 0 saturated heterocycles. The molecule has 0 N–H and O–H groups in total. The summed E-state index contributed by atoms with van der Waals surface area (Å²) in [6.07, 6.45) is 0.866. The van der Waals surface area contributed by atoms with Gasteiger partial charge in [0.05, 0.1) is 0 Å². The summed E-state index contributed by atoms with van der Waals surface area (Å²) in [6.45, 7) is 10.9. The molecular weight excluding hydrogens is 146 g/mol. The van der Waals surface area contributed by atoms with E-state index in [2.05, 4.69) is 30.0 Å². The summed E-state index contributed by atoms with van der Waals surface area (Å²) in [5.41, 5.74) is 2.53. The summed E-state index contributed by atoms with van der Waals surface area (Å²) < 4.78 is 0. The van der Waals surface area contributed by atoms with Gasteiger partial charge in [-0.25, -0.2) is 6.57 Å². The zero-order valence-corrected chi connectivity index (χ0v) is 7.54. The molecule has 0 bridgehead atoms. The van der Waals surface area contributed by atoms with Gasteiger partial charge in [0.25, 0.3) is 0 Å². The molecule has 1 aromatic rings. The van der Waals surface area contributed by atoms with Crippen LogP contribution in [0.25, 0.3) is 4.85 Å². The van der Waals surface area contributed by atoms with Crippen molar-refractivity contribution in [2.45, 2.75) is 26.3 Å². The van der Waals surface area contributed by atoms with E-state index >= 15 is 0 Å². The van der Waals surface area contributed by atoms with E-state index in [0.29, 0.717) is 0 Å². The SMILES string of the molecule is [C-]#[N+]C(C)Cc1cccc(C)c1. The Bertz CT molecular complexity index is 296. The summed E-state index contributed by atoms with van der Waals surface area (Å²) in [5.74, 6) is 0. The van der Waals surface area contributed by atoms with Crippen LogP contribution in [0.3, 0.4) is 0 Å². The molecule has 0 aliphatic rings. The summed E-state index contributed by atoms with van der Waals surface area (Å²) in [6, 6.07) is 8.44. The van der Waals surface area contributed by atoms with Crippen LogP contribution in [0.2, 0.25) is 0 Å². The summed E-state index contributed by atoms with van der Waals surface area (Å²) >= 11 is 0. The van der Waals surface area contributed by atoms with E-state index in [9.17, 15) is 0 Å². The van der Waals surface area contributed by atoms with Crippen LogP contribution >= 0.6 is 0 Å². The van der Waals surface area contributed by atoms with Crippen LogP contribution in [-0.2, 0) is 6.42 Å². The van der Waals surface area contributed by atoms with Gasteiger partial charge in [0.1, 0.15) is 0 Å². The molecule has 1 rings (SSSR count). The maximum Gasteiger partial charge on any atom is 0.225 e. The molecule has 1 aromatic carbocycles. The Hall–Kier alpha value is -1.29. The average Bonchev–Trinajstić information content (AvgIpc) is 2.04. The van der Waals surface area contributed by atoms with E-state index in [1.165, 1.54) is 11.1 Å². The molecule has 0 heterocycles. The lowest BCUT2D eigenvalue weighted by Gasteiger charge is -2.00. The second-order valence-electron chi connectivity index (χ2n) is 3.17. The molecule has 0 aromatic heterocycles. The zero-order valence-electron chi connectivity index (χ0n) is 7.54. The van der Waals surface area contributed by atoms with Gasteiger partial charge in [-0.2, -0.15) is 0 Å². The standard InChI is InChI=1S/C11H13N/c1-9-5-4-6-11(7-9)8-10(2)12-3/h4-7,10H,8H2,1-2H3. The average molecular weight is 159 g/mol. The van der Waals surface area contributed by atoms with Gasteiger partial charge in [-0.3, -0.25) is 0 Å². The van der Waals surface area contributed by atoms with E-state index in [4.69, 9.17) is 6.57 Å². The Morgan fingerprint density at radius 3 is 2.83 bits per heavy atom. The summed E-state index contributed by atoms with van der Waals surface area (Å²) in [7, 11) is 0. The van der Waals surface area contributed by atoms with E-state index in [-0.39, 0.29) is 6.04 Å². The zero-order chi connectivity index (χ0) is 8.97. The predicted octanol–water partition coefficient (Wildman–Crippen LogP) is 2.85. The molecule has 62 valence electrons. The Kier molecular flexibility index (Phi) is 2.88. The largest absolute Gasteiger partial charge is 0.314 e. The molecule has 0 radical (unpaired) electrons. The monoisotopic (exact) mass is 159 g/mol. The van der Waals surface area contributed by atoms with Crippen LogP contribution in [0.5, 0.6) is 0 Å². The normalized spacial score (nSPS) is 12.1. The Balaban J connectivity index is 2.71. The first-order valence-electron chi connectivity index (χ1n) is 4.14. The number of hydrogen-bond acceptors (Lipinski definition) is 0. The van der Waals surface area contributed by atoms with E-state index < -0.39 is 0 Å². The molecule has 1 unspecified atom stereocenters. The highest BCUT2D eigenvalue weighted by atomic mass is 14.7. The van der Waals surface area contributed by atoms with Crippen LogP contribution in [0.4, 0.5) is 0 Å². The van der Waals surface area contributed by atoms with Gasteiger partial charge in [-0.05, 0) is 12.5 Å². The number of nitrogens with zero attached hydrogens (tertiary/aromatic N) is 1. The third-order valence-electron chi connectivity index (χ3n) is 1.83. The lowest BCUT2D eigenvalue weighted by molar-refractivity contribution is 0.843. The third-order valence-corrected chi connectivity index (χ3v) is 1.83. The highest BCUT2D eigenvalue weighted by Gasteiger charge is 2.04. The van der Waals surface area contributed by atoms with Gasteiger partial charge in [0.15, 0.2) is 0 Å². The molecule has 0 amide bonds. The molecule has 0 aliphatic carbocycles. The van der Waals surface area contributed by atoms with Crippen molar-refractivity contribution in [2.75, 3.05) is 0 Å². The molecule has 1 atom stereocenters. The maximum absolute atomic E-state index is 6.84. The lowest BCUT2D eigenvalue weighted by atomic mass is 10.1. The van der Waals surface area contributed by atoms with Crippen molar-refractivity contribution >= 4 is 0 Å². The van der Waals surface area contributed by atoms with Gasteiger partial charge in [-0.1, -0.05) is 29.8 Å². The van der Waals surface area contributed by atoms with Crippen LogP contribution < -0.4 is 0 Å². The molecule has 1 nitrogen and oxygen atoms in total. The van der Waals surface area contributed by atoms with Crippen molar-refractivity contribution in [3.8, 4) is 0 Å².